The van der Waals surface area contributed by atoms with Gasteiger partial charge in [-0.1, -0.05) is 5.16 Å². The number of thioether (sulfide) groups is 1. The van der Waals surface area contributed by atoms with Crippen molar-refractivity contribution in [1.82, 2.24) is 14.9 Å². The average Bonchev–Trinajstić information content (AvgIpc) is 3.25. The van der Waals surface area contributed by atoms with Crippen molar-refractivity contribution in [1.29, 1.82) is 0 Å². The van der Waals surface area contributed by atoms with Crippen molar-refractivity contribution < 1.29 is 9.32 Å². The fraction of sp³-hybridized carbons (Fsp3) is 0.312. The Labute approximate surface area is 162 Å². The zero-order chi connectivity index (χ0) is 17.8. The lowest BCUT2D eigenvalue weighted by atomic mass is 10.2. The normalized spacial score (nSPS) is 11.0. The Hall–Kier alpha value is -1.58. The summed E-state index contributed by atoms with van der Waals surface area (Å²) < 4.78 is 7.98. The highest BCUT2D eigenvalue weighted by Gasteiger charge is 2.12. The van der Waals surface area contributed by atoms with Crippen LogP contribution in [0.5, 0.6) is 0 Å². The zero-order valence-corrected chi connectivity index (χ0v) is 17.0. The van der Waals surface area contributed by atoms with E-state index in [2.05, 4.69) is 37.6 Å². The first kappa shape index (κ1) is 18.2. The molecule has 9 heteroatoms. The van der Waals surface area contributed by atoms with Gasteiger partial charge in [0.1, 0.15) is 11.6 Å². The number of carbonyl (C=O) groups is 1. The van der Waals surface area contributed by atoms with Gasteiger partial charge in [-0.05, 0) is 35.8 Å². The van der Waals surface area contributed by atoms with Crippen molar-refractivity contribution in [3.63, 3.8) is 0 Å². The second-order valence-corrected chi connectivity index (χ2v) is 8.35. The molecule has 0 radical (unpaired) electrons. The van der Waals surface area contributed by atoms with Crippen LogP contribution in [-0.2, 0) is 17.1 Å². The van der Waals surface area contributed by atoms with Crippen molar-refractivity contribution in [2.45, 2.75) is 26.1 Å². The standard InChI is InChI=1S/C16H17BrN4O2S2/c1-10-14(11(2)23-20-10)8-24-9-16(22)19-15-3-4-18-21(15)6-13-5-12(17)7-25-13/h3-5,7H,6,8-9H2,1-2H3,(H,19,22). The molecule has 6 nitrogen and oxygen atoms in total. The molecule has 0 saturated carbocycles. The van der Waals surface area contributed by atoms with Gasteiger partial charge in [-0.25, -0.2) is 4.68 Å². The molecule has 0 aliphatic heterocycles. The summed E-state index contributed by atoms with van der Waals surface area (Å²) in [6, 6.07) is 3.86. The minimum absolute atomic E-state index is 0.0501. The number of thiophene rings is 1. The van der Waals surface area contributed by atoms with E-state index in [1.807, 2.05) is 19.2 Å². The van der Waals surface area contributed by atoms with E-state index in [1.165, 1.54) is 16.6 Å². The third kappa shape index (κ3) is 4.74. The molecule has 3 rings (SSSR count). The molecule has 1 amide bonds. The van der Waals surface area contributed by atoms with Crippen LogP contribution in [0.1, 0.15) is 21.9 Å². The van der Waals surface area contributed by atoms with Crippen LogP contribution in [0.2, 0.25) is 0 Å². The molecule has 0 bridgehead atoms. The van der Waals surface area contributed by atoms with Gasteiger partial charge >= 0.3 is 0 Å². The highest BCUT2D eigenvalue weighted by molar-refractivity contribution is 9.10. The number of aryl methyl sites for hydroxylation is 2. The van der Waals surface area contributed by atoms with E-state index in [-0.39, 0.29) is 5.91 Å². The molecule has 25 heavy (non-hydrogen) atoms. The minimum Gasteiger partial charge on any atom is -0.361 e. The molecule has 0 atom stereocenters. The highest BCUT2D eigenvalue weighted by Crippen LogP contribution is 2.22. The topological polar surface area (TPSA) is 73.0 Å². The Morgan fingerprint density at radius 2 is 2.32 bits per heavy atom. The van der Waals surface area contributed by atoms with Crippen molar-refractivity contribution in [3.8, 4) is 0 Å². The van der Waals surface area contributed by atoms with Crippen LogP contribution in [0.15, 0.2) is 32.7 Å². The fourth-order valence-electron chi connectivity index (χ4n) is 2.28. The predicted molar refractivity (Wildman–Crippen MR) is 104 cm³/mol. The summed E-state index contributed by atoms with van der Waals surface area (Å²) in [7, 11) is 0. The molecule has 0 spiro atoms. The molecule has 3 aromatic heterocycles. The molecule has 0 aromatic carbocycles. The van der Waals surface area contributed by atoms with Crippen LogP contribution in [0.4, 0.5) is 5.82 Å². The Morgan fingerprint density at radius 1 is 1.48 bits per heavy atom. The molecule has 0 aliphatic carbocycles. The van der Waals surface area contributed by atoms with E-state index in [0.717, 1.165) is 21.5 Å². The molecule has 1 N–H and O–H groups in total. The van der Waals surface area contributed by atoms with E-state index < -0.39 is 0 Å². The summed E-state index contributed by atoms with van der Waals surface area (Å²) in [5, 5.41) is 13.2. The molecule has 3 aromatic rings. The summed E-state index contributed by atoms with van der Waals surface area (Å²) in [4.78, 5) is 13.4. The Morgan fingerprint density at radius 3 is 3.00 bits per heavy atom. The van der Waals surface area contributed by atoms with Crippen molar-refractivity contribution in [2.75, 3.05) is 11.1 Å². The monoisotopic (exact) mass is 440 g/mol. The van der Waals surface area contributed by atoms with Gasteiger partial charge in [0.05, 0.1) is 24.2 Å². The summed E-state index contributed by atoms with van der Waals surface area (Å²) in [6.07, 6.45) is 1.69. The van der Waals surface area contributed by atoms with E-state index in [0.29, 0.717) is 23.9 Å². The van der Waals surface area contributed by atoms with Crippen LogP contribution >= 0.6 is 39.0 Å². The van der Waals surface area contributed by atoms with Crippen LogP contribution < -0.4 is 5.32 Å². The number of hydrogen-bond acceptors (Lipinski definition) is 6. The van der Waals surface area contributed by atoms with Crippen molar-refractivity contribution >= 4 is 50.8 Å². The number of carbonyl (C=O) groups excluding carboxylic acids is 1. The summed E-state index contributed by atoms with van der Waals surface area (Å²) >= 11 is 6.63. The quantitative estimate of drug-likeness (QED) is 0.594. The molecule has 0 aliphatic rings. The lowest BCUT2D eigenvalue weighted by Gasteiger charge is -2.08. The van der Waals surface area contributed by atoms with Crippen molar-refractivity contribution in [3.05, 3.63) is 50.1 Å². The smallest absolute Gasteiger partial charge is 0.235 e. The van der Waals surface area contributed by atoms with Gasteiger partial charge in [0.15, 0.2) is 0 Å². The number of nitrogens with zero attached hydrogens (tertiary/aromatic N) is 3. The second kappa shape index (κ2) is 8.20. The first-order chi connectivity index (χ1) is 12.0. The molecule has 0 fully saturated rings. The van der Waals surface area contributed by atoms with Gasteiger partial charge in [0, 0.05) is 32.1 Å². The fourth-order valence-corrected chi connectivity index (χ4v) is 4.69. The maximum Gasteiger partial charge on any atom is 0.235 e. The van der Waals surface area contributed by atoms with E-state index >= 15 is 0 Å². The average molecular weight is 441 g/mol. The predicted octanol–water partition coefficient (Wildman–Crippen LogP) is 4.23. The van der Waals surface area contributed by atoms with E-state index in [4.69, 9.17) is 4.52 Å². The zero-order valence-electron chi connectivity index (χ0n) is 13.8. The van der Waals surface area contributed by atoms with Crippen LogP contribution in [0.3, 0.4) is 0 Å². The molecule has 0 unspecified atom stereocenters. The van der Waals surface area contributed by atoms with Crippen molar-refractivity contribution in [2.24, 2.45) is 0 Å². The number of aromatic nitrogens is 3. The Bertz CT molecular complexity index is 852. The van der Waals surface area contributed by atoms with Gasteiger partial charge < -0.3 is 9.84 Å². The minimum atomic E-state index is -0.0501. The summed E-state index contributed by atoms with van der Waals surface area (Å²) in [5.74, 6) is 2.53. The van der Waals surface area contributed by atoms with Crippen LogP contribution in [-0.4, -0.2) is 26.6 Å². The third-order valence-corrected chi connectivity index (χ3v) is 6.21. The maximum atomic E-state index is 12.2. The molecule has 132 valence electrons. The van der Waals surface area contributed by atoms with Crippen LogP contribution in [0.25, 0.3) is 0 Å². The number of anilines is 1. The Kier molecular flexibility index (Phi) is 5.98. The number of rotatable bonds is 7. The van der Waals surface area contributed by atoms with Gasteiger partial charge in [-0.2, -0.15) is 5.10 Å². The SMILES string of the molecule is Cc1noc(C)c1CSCC(=O)Nc1ccnn1Cc1cc(Br)cs1. The second-order valence-electron chi connectivity index (χ2n) is 5.45. The third-order valence-electron chi connectivity index (χ3n) is 3.57. The summed E-state index contributed by atoms with van der Waals surface area (Å²) in [5.41, 5.74) is 1.94. The molecular formula is C16H17BrN4O2S2. The van der Waals surface area contributed by atoms with Gasteiger partial charge in [0.2, 0.25) is 5.91 Å². The van der Waals surface area contributed by atoms with Gasteiger partial charge in [-0.3, -0.25) is 4.79 Å². The van der Waals surface area contributed by atoms with Crippen LogP contribution in [0, 0.1) is 13.8 Å². The number of amides is 1. The Balaban J connectivity index is 1.52. The maximum absolute atomic E-state index is 12.2. The number of nitrogens with one attached hydrogen (secondary N) is 1. The lowest BCUT2D eigenvalue weighted by Crippen LogP contribution is -2.17. The molecule has 3 heterocycles. The summed E-state index contributed by atoms with van der Waals surface area (Å²) in [6.45, 7) is 4.43. The highest BCUT2D eigenvalue weighted by atomic mass is 79.9. The van der Waals surface area contributed by atoms with Gasteiger partial charge in [-0.15, -0.1) is 23.1 Å². The van der Waals surface area contributed by atoms with E-state index in [1.54, 1.807) is 28.3 Å². The number of halogens is 1. The lowest BCUT2D eigenvalue weighted by molar-refractivity contribution is -0.113. The first-order valence-electron chi connectivity index (χ1n) is 7.57. The van der Waals surface area contributed by atoms with Gasteiger partial charge in [0.25, 0.3) is 0 Å². The molecule has 0 saturated heterocycles. The van der Waals surface area contributed by atoms with E-state index in [9.17, 15) is 4.79 Å². The first-order valence-corrected chi connectivity index (χ1v) is 10.4. The number of hydrogen-bond donors (Lipinski definition) is 1. The molecular weight excluding hydrogens is 424 g/mol. The largest absolute Gasteiger partial charge is 0.361 e.